The van der Waals surface area contributed by atoms with Crippen molar-refractivity contribution in [3.05, 3.63) is 94.2 Å². The molecule has 0 spiro atoms. The van der Waals surface area contributed by atoms with E-state index >= 15 is 0 Å². The van der Waals surface area contributed by atoms with Crippen LogP contribution in [0.5, 0.6) is 5.75 Å². The number of rotatable bonds is 4. The van der Waals surface area contributed by atoms with E-state index in [0.29, 0.717) is 12.0 Å². The van der Waals surface area contributed by atoms with Gasteiger partial charge in [0.05, 0.1) is 18.9 Å². The van der Waals surface area contributed by atoms with Crippen molar-refractivity contribution in [3.63, 3.8) is 0 Å². The number of halogens is 1. The van der Waals surface area contributed by atoms with E-state index in [1.165, 1.54) is 0 Å². The lowest BCUT2D eigenvalue weighted by Crippen LogP contribution is -2.27. The van der Waals surface area contributed by atoms with Gasteiger partial charge in [-0.15, -0.1) is 0 Å². The van der Waals surface area contributed by atoms with Crippen LogP contribution in [0.3, 0.4) is 0 Å². The Morgan fingerprint density at radius 3 is 2.50 bits per heavy atom. The van der Waals surface area contributed by atoms with Crippen molar-refractivity contribution in [2.45, 2.75) is 12.5 Å². The van der Waals surface area contributed by atoms with Gasteiger partial charge in [0.1, 0.15) is 5.75 Å². The van der Waals surface area contributed by atoms with Gasteiger partial charge in [0, 0.05) is 34.4 Å². The average molecular weight is 436 g/mol. The number of ether oxygens (including phenoxy) is 1. The predicted molar refractivity (Wildman–Crippen MR) is 111 cm³/mol. The number of hydrazone groups is 1. The van der Waals surface area contributed by atoms with E-state index in [1.54, 1.807) is 36.6 Å². The van der Waals surface area contributed by atoms with Crippen molar-refractivity contribution in [1.29, 1.82) is 0 Å². The molecule has 3 aromatic rings. The second kappa shape index (κ2) is 7.94. The standard InChI is InChI=1S/C22H18BrN3O2/c1-28-21-5-3-2-4-18(21)20-14-19(15-6-8-17(23)9-7-15)25-26(20)22(27)16-10-12-24-13-11-16/h2-13,20H,14H2,1H3/t20-/m1/s1. The molecule has 140 valence electrons. The van der Waals surface area contributed by atoms with Gasteiger partial charge in [0.2, 0.25) is 0 Å². The summed E-state index contributed by atoms with van der Waals surface area (Å²) in [6, 6.07) is 18.9. The van der Waals surface area contributed by atoms with Crippen molar-refractivity contribution < 1.29 is 9.53 Å². The molecule has 4 rings (SSSR count). The SMILES string of the molecule is COc1ccccc1[C@H]1CC(c2ccc(Br)cc2)=NN1C(=O)c1ccncc1. The molecule has 6 heteroatoms. The highest BCUT2D eigenvalue weighted by atomic mass is 79.9. The number of para-hydroxylation sites is 1. The third kappa shape index (κ3) is 3.55. The van der Waals surface area contributed by atoms with Crippen LogP contribution in [0, 0.1) is 0 Å². The van der Waals surface area contributed by atoms with Crippen LogP contribution in [-0.2, 0) is 0 Å². The molecule has 0 unspecified atom stereocenters. The maximum absolute atomic E-state index is 13.2. The van der Waals surface area contributed by atoms with Gasteiger partial charge >= 0.3 is 0 Å². The number of methoxy groups -OCH3 is 1. The van der Waals surface area contributed by atoms with E-state index in [9.17, 15) is 4.79 Å². The van der Waals surface area contributed by atoms with Crippen molar-refractivity contribution in [1.82, 2.24) is 9.99 Å². The maximum atomic E-state index is 13.2. The first-order valence-corrected chi connectivity index (χ1v) is 9.66. The summed E-state index contributed by atoms with van der Waals surface area (Å²) in [5, 5.41) is 6.27. The van der Waals surface area contributed by atoms with E-state index in [2.05, 4.69) is 20.9 Å². The van der Waals surface area contributed by atoms with Crippen molar-refractivity contribution >= 4 is 27.5 Å². The Balaban J connectivity index is 1.76. The summed E-state index contributed by atoms with van der Waals surface area (Å²) in [6.07, 6.45) is 3.83. The second-order valence-corrected chi connectivity index (χ2v) is 7.32. The molecule has 0 saturated carbocycles. The highest BCUT2D eigenvalue weighted by Crippen LogP contribution is 2.38. The monoisotopic (exact) mass is 435 g/mol. The van der Waals surface area contributed by atoms with Gasteiger partial charge in [-0.25, -0.2) is 5.01 Å². The van der Waals surface area contributed by atoms with Gasteiger partial charge in [0.25, 0.3) is 5.91 Å². The Morgan fingerprint density at radius 1 is 1.07 bits per heavy atom. The van der Waals surface area contributed by atoms with E-state index in [-0.39, 0.29) is 11.9 Å². The van der Waals surface area contributed by atoms with Gasteiger partial charge in [0.15, 0.2) is 0 Å². The minimum Gasteiger partial charge on any atom is -0.496 e. The van der Waals surface area contributed by atoms with Crippen LogP contribution in [0.4, 0.5) is 0 Å². The minimum absolute atomic E-state index is 0.162. The lowest BCUT2D eigenvalue weighted by molar-refractivity contribution is 0.0709. The Kier molecular flexibility index (Phi) is 5.21. The number of benzene rings is 2. The van der Waals surface area contributed by atoms with E-state index in [0.717, 1.165) is 27.1 Å². The topological polar surface area (TPSA) is 54.8 Å². The van der Waals surface area contributed by atoms with Gasteiger partial charge in [-0.2, -0.15) is 5.10 Å². The third-order valence-electron chi connectivity index (χ3n) is 4.72. The molecular weight excluding hydrogens is 418 g/mol. The molecule has 1 aliphatic rings. The Hall–Kier alpha value is -2.99. The molecule has 2 heterocycles. The summed E-state index contributed by atoms with van der Waals surface area (Å²) in [7, 11) is 1.64. The Morgan fingerprint density at radius 2 is 1.79 bits per heavy atom. The Bertz CT molecular complexity index is 1020. The average Bonchev–Trinajstić information content (AvgIpc) is 3.19. The number of carbonyl (C=O) groups excluding carboxylic acids is 1. The first kappa shape index (κ1) is 18.4. The molecule has 1 amide bonds. The normalized spacial score (nSPS) is 16.0. The first-order chi connectivity index (χ1) is 13.7. The van der Waals surface area contributed by atoms with E-state index in [4.69, 9.17) is 9.84 Å². The van der Waals surface area contributed by atoms with Crippen LogP contribution in [0.1, 0.15) is 33.9 Å². The summed E-state index contributed by atoms with van der Waals surface area (Å²) >= 11 is 3.46. The highest BCUT2D eigenvalue weighted by Gasteiger charge is 2.35. The molecule has 28 heavy (non-hydrogen) atoms. The zero-order valence-corrected chi connectivity index (χ0v) is 16.8. The van der Waals surface area contributed by atoms with Crippen molar-refractivity contribution in [3.8, 4) is 5.75 Å². The summed E-state index contributed by atoms with van der Waals surface area (Å²) < 4.78 is 6.54. The largest absolute Gasteiger partial charge is 0.496 e. The number of nitrogens with zero attached hydrogens (tertiary/aromatic N) is 3. The number of carbonyl (C=O) groups is 1. The fourth-order valence-electron chi connectivity index (χ4n) is 3.33. The second-order valence-electron chi connectivity index (χ2n) is 6.40. The fraction of sp³-hybridized carbons (Fsp3) is 0.136. The first-order valence-electron chi connectivity index (χ1n) is 8.87. The zero-order valence-electron chi connectivity index (χ0n) is 15.2. The van der Waals surface area contributed by atoms with Crippen LogP contribution in [0.25, 0.3) is 0 Å². The van der Waals surface area contributed by atoms with Gasteiger partial charge in [-0.3, -0.25) is 9.78 Å². The molecule has 0 fully saturated rings. The molecule has 1 atom stereocenters. The van der Waals surface area contributed by atoms with Crippen LogP contribution in [-0.4, -0.2) is 28.7 Å². The predicted octanol–water partition coefficient (Wildman–Crippen LogP) is 4.84. The lowest BCUT2D eigenvalue weighted by Gasteiger charge is -2.23. The summed E-state index contributed by atoms with van der Waals surface area (Å²) in [5.41, 5.74) is 3.35. The molecule has 0 radical (unpaired) electrons. The smallest absolute Gasteiger partial charge is 0.274 e. The fourth-order valence-corrected chi connectivity index (χ4v) is 3.59. The number of pyridine rings is 1. The zero-order chi connectivity index (χ0) is 19.5. The quantitative estimate of drug-likeness (QED) is 0.588. The Labute approximate surface area is 171 Å². The van der Waals surface area contributed by atoms with Crippen molar-refractivity contribution in [2.75, 3.05) is 7.11 Å². The van der Waals surface area contributed by atoms with Crippen LogP contribution in [0.15, 0.2) is 82.6 Å². The highest BCUT2D eigenvalue weighted by molar-refractivity contribution is 9.10. The van der Waals surface area contributed by atoms with E-state index < -0.39 is 0 Å². The molecule has 0 bridgehead atoms. The van der Waals surface area contributed by atoms with E-state index in [1.807, 2.05) is 48.5 Å². The maximum Gasteiger partial charge on any atom is 0.274 e. The minimum atomic E-state index is -0.240. The third-order valence-corrected chi connectivity index (χ3v) is 5.25. The number of hydrogen-bond acceptors (Lipinski definition) is 4. The number of aromatic nitrogens is 1. The van der Waals surface area contributed by atoms with Crippen LogP contribution >= 0.6 is 15.9 Å². The van der Waals surface area contributed by atoms with Gasteiger partial charge in [-0.05, 0) is 35.9 Å². The lowest BCUT2D eigenvalue weighted by atomic mass is 9.97. The van der Waals surface area contributed by atoms with Crippen LogP contribution < -0.4 is 4.74 Å². The van der Waals surface area contributed by atoms with Gasteiger partial charge in [-0.1, -0.05) is 46.3 Å². The number of hydrogen-bond donors (Lipinski definition) is 0. The molecule has 0 saturated heterocycles. The molecule has 0 N–H and O–H groups in total. The van der Waals surface area contributed by atoms with Gasteiger partial charge < -0.3 is 4.74 Å². The number of amides is 1. The molecule has 1 aromatic heterocycles. The molecule has 2 aromatic carbocycles. The molecule has 5 nitrogen and oxygen atoms in total. The van der Waals surface area contributed by atoms with Crippen LogP contribution in [0.2, 0.25) is 0 Å². The molecule has 1 aliphatic heterocycles. The summed E-state index contributed by atoms with van der Waals surface area (Å²) in [6.45, 7) is 0. The molecule has 0 aliphatic carbocycles. The summed E-state index contributed by atoms with van der Waals surface area (Å²) in [4.78, 5) is 17.2. The van der Waals surface area contributed by atoms with Crippen molar-refractivity contribution in [2.24, 2.45) is 5.10 Å². The summed E-state index contributed by atoms with van der Waals surface area (Å²) in [5.74, 6) is 0.581. The molecular formula is C22H18BrN3O2.